The lowest BCUT2D eigenvalue weighted by atomic mass is 10.1. The van der Waals surface area contributed by atoms with E-state index in [2.05, 4.69) is 9.88 Å². The summed E-state index contributed by atoms with van der Waals surface area (Å²) in [4.78, 5) is 6.77. The van der Waals surface area contributed by atoms with Crippen LogP contribution in [0.25, 0.3) is 0 Å². The van der Waals surface area contributed by atoms with Crippen molar-refractivity contribution in [2.75, 3.05) is 25.1 Å². The molecule has 4 heteroatoms. The summed E-state index contributed by atoms with van der Waals surface area (Å²) in [7, 11) is 1.69. The van der Waals surface area contributed by atoms with E-state index < -0.39 is 0 Å². The first-order valence-corrected chi connectivity index (χ1v) is 6.32. The normalized spacial score (nSPS) is 21.1. The predicted octanol–water partition coefficient (Wildman–Crippen LogP) is 1.80. The van der Waals surface area contributed by atoms with Crippen molar-refractivity contribution < 1.29 is 4.74 Å². The Labute approximate surface area is 103 Å². The van der Waals surface area contributed by atoms with E-state index >= 15 is 0 Å². The summed E-state index contributed by atoms with van der Waals surface area (Å²) in [5, 5.41) is 0. The van der Waals surface area contributed by atoms with E-state index in [9.17, 15) is 0 Å². The van der Waals surface area contributed by atoms with E-state index in [0.717, 1.165) is 24.5 Å². The van der Waals surface area contributed by atoms with Gasteiger partial charge in [-0.25, -0.2) is 4.98 Å². The smallest absolute Gasteiger partial charge is 0.171 e. The van der Waals surface area contributed by atoms with Gasteiger partial charge >= 0.3 is 0 Å². The van der Waals surface area contributed by atoms with Crippen molar-refractivity contribution >= 4 is 5.82 Å². The zero-order chi connectivity index (χ0) is 12.1. The number of nitrogens with two attached hydrogens (primary N) is 1. The summed E-state index contributed by atoms with van der Waals surface area (Å²) >= 11 is 0. The topological polar surface area (TPSA) is 51.4 Å². The Balaban J connectivity index is 2.28. The summed E-state index contributed by atoms with van der Waals surface area (Å²) < 4.78 is 5.39. The van der Waals surface area contributed by atoms with Gasteiger partial charge in [0.25, 0.3) is 0 Å². The molecule has 1 unspecified atom stereocenters. The van der Waals surface area contributed by atoms with E-state index in [1.807, 2.05) is 18.3 Å². The van der Waals surface area contributed by atoms with Crippen LogP contribution in [0.3, 0.4) is 0 Å². The maximum atomic E-state index is 5.88. The van der Waals surface area contributed by atoms with Crippen molar-refractivity contribution in [2.24, 2.45) is 5.73 Å². The summed E-state index contributed by atoms with van der Waals surface area (Å²) in [6.45, 7) is 1.70. The van der Waals surface area contributed by atoms with Gasteiger partial charge in [0.15, 0.2) is 11.6 Å². The van der Waals surface area contributed by atoms with Gasteiger partial charge in [-0.2, -0.15) is 0 Å². The summed E-state index contributed by atoms with van der Waals surface area (Å²) in [6, 6.07) is 4.25. The van der Waals surface area contributed by atoms with Crippen LogP contribution < -0.4 is 15.4 Å². The molecular weight excluding hydrogens is 214 g/mol. The lowest BCUT2D eigenvalue weighted by molar-refractivity contribution is 0.410. The van der Waals surface area contributed by atoms with Crippen molar-refractivity contribution in [1.82, 2.24) is 4.98 Å². The van der Waals surface area contributed by atoms with Gasteiger partial charge in [0.05, 0.1) is 7.11 Å². The Morgan fingerprint density at radius 1 is 1.47 bits per heavy atom. The fraction of sp³-hybridized carbons (Fsp3) is 0.615. The number of pyridine rings is 1. The number of nitrogens with zero attached hydrogens (tertiary/aromatic N) is 2. The van der Waals surface area contributed by atoms with E-state index in [1.165, 1.54) is 19.3 Å². The number of ether oxygens (including phenoxy) is 1. The first-order chi connectivity index (χ1) is 8.36. The van der Waals surface area contributed by atoms with Crippen molar-refractivity contribution in [3.8, 4) is 5.75 Å². The van der Waals surface area contributed by atoms with Gasteiger partial charge in [0, 0.05) is 25.3 Å². The molecule has 0 radical (unpaired) electrons. The molecule has 1 aliphatic heterocycles. The second-order valence-corrected chi connectivity index (χ2v) is 4.46. The molecule has 1 aromatic rings. The Bertz CT molecular complexity index is 356. The molecule has 2 N–H and O–H groups in total. The molecule has 94 valence electrons. The fourth-order valence-corrected chi connectivity index (χ4v) is 2.46. The fourth-order valence-electron chi connectivity index (χ4n) is 2.46. The van der Waals surface area contributed by atoms with Crippen LogP contribution >= 0.6 is 0 Å². The van der Waals surface area contributed by atoms with Gasteiger partial charge in [-0.15, -0.1) is 0 Å². The third-order valence-corrected chi connectivity index (χ3v) is 3.39. The monoisotopic (exact) mass is 235 g/mol. The van der Waals surface area contributed by atoms with Crippen molar-refractivity contribution in [2.45, 2.75) is 31.7 Å². The number of rotatable bonds is 3. The molecule has 0 saturated carbocycles. The molecular formula is C13H21N3O. The molecule has 1 atom stereocenters. The predicted molar refractivity (Wildman–Crippen MR) is 69.4 cm³/mol. The molecule has 0 amide bonds. The Hall–Kier alpha value is -1.29. The Morgan fingerprint density at radius 2 is 2.35 bits per heavy atom. The van der Waals surface area contributed by atoms with Gasteiger partial charge in [-0.1, -0.05) is 12.8 Å². The number of aromatic nitrogens is 1. The Morgan fingerprint density at radius 3 is 3.12 bits per heavy atom. The second kappa shape index (κ2) is 5.87. The minimum atomic E-state index is 0.390. The second-order valence-electron chi connectivity index (χ2n) is 4.46. The van der Waals surface area contributed by atoms with Crippen LogP contribution in [0.4, 0.5) is 5.82 Å². The molecule has 1 saturated heterocycles. The van der Waals surface area contributed by atoms with Gasteiger partial charge in [-0.05, 0) is 25.0 Å². The lowest BCUT2D eigenvalue weighted by Gasteiger charge is -2.31. The third kappa shape index (κ3) is 2.69. The molecule has 1 aliphatic rings. The molecule has 1 fully saturated rings. The van der Waals surface area contributed by atoms with Gasteiger partial charge in [-0.3, -0.25) is 0 Å². The summed E-state index contributed by atoms with van der Waals surface area (Å²) in [6.07, 6.45) is 6.71. The van der Waals surface area contributed by atoms with E-state index in [-0.39, 0.29) is 0 Å². The first kappa shape index (κ1) is 12.2. The summed E-state index contributed by atoms with van der Waals surface area (Å²) in [5.41, 5.74) is 5.88. The molecule has 0 spiro atoms. The maximum Gasteiger partial charge on any atom is 0.171 e. The zero-order valence-electron chi connectivity index (χ0n) is 10.4. The van der Waals surface area contributed by atoms with Crippen LogP contribution in [0.2, 0.25) is 0 Å². The highest BCUT2D eigenvalue weighted by atomic mass is 16.5. The van der Waals surface area contributed by atoms with Crippen LogP contribution in [-0.4, -0.2) is 31.2 Å². The van der Waals surface area contributed by atoms with Crippen molar-refractivity contribution in [3.63, 3.8) is 0 Å². The van der Waals surface area contributed by atoms with Crippen LogP contribution in [0.1, 0.15) is 25.7 Å². The highest BCUT2D eigenvalue weighted by Gasteiger charge is 2.23. The zero-order valence-corrected chi connectivity index (χ0v) is 10.4. The average molecular weight is 235 g/mol. The molecule has 0 aromatic carbocycles. The maximum absolute atomic E-state index is 5.88. The van der Waals surface area contributed by atoms with Gasteiger partial charge in [0.1, 0.15) is 0 Å². The van der Waals surface area contributed by atoms with Crippen LogP contribution in [0.5, 0.6) is 5.75 Å². The number of methoxy groups -OCH3 is 1. The van der Waals surface area contributed by atoms with E-state index in [4.69, 9.17) is 10.5 Å². The SMILES string of the molecule is COc1cccnc1N1CCCCCC1CN. The minimum absolute atomic E-state index is 0.390. The highest BCUT2D eigenvalue weighted by Crippen LogP contribution is 2.29. The molecule has 4 nitrogen and oxygen atoms in total. The van der Waals surface area contributed by atoms with Crippen molar-refractivity contribution in [1.29, 1.82) is 0 Å². The largest absolute Gasteiger partial charge is 0.493 e. The number of anilines is 1. The lowest BCUT2D eigenvalue weighted by Crippen LogP contribution is -2.40. The average Bonchev–Trinajstić information content (AvgIpc) is 2.63. The van der Waals surface area contributed by atoms with Gasteiger partial charge in [0.2, 0.25) is 0 Å². The molecule has 1 aromatic heterocycles. The molecule has 0 aliphatic carbocycles. The van der Waals surface area contributed by atoms with Crippen LogP contribution in [0, 0.1) is 0 Å². The quantitative estimate of drug-likeness (QED) is 0.868. The van der Waals surface area contributed by atoms with Crippen LogP contribution in [0.15, 0.2) is 18.3 Å². The molecule has 0 bridgehead atoms. The molecule has 2 heterocycles. The van der Waals surface area contributed by atoms with E-state index in [1.54, 1.807) is 7.11 Å². The number of hydrogen-bond acceptors (Lipinski definition) is 4. The summed E-state index contributed by atoms with van der Waals surface area (Å²) in [5.74, 6) is 1.78. The molecule has 17 heavy (non-hydrogen) atoms. The van der Waals surface area contributed by atoms with Gasteiger partial charge < -0.3 is 15.4 Å². The first-order valence-electron chi connectivity index (χ1n) is 6.32. The minimum Gasteiger partial charge on any atom is -0.493 e. The molecule has 2 rings (SSSR count). The standard InChI is InChI=1S/C13H21N3O/c1-17-12-7-5-8-15-13(12)16-9-4-2-3-6-11(16)10-14/h5,7-8,11H,2-4,6,9-10,14H2,1H3. The van der Waals surface area contributed by atoms with Crippen LogP contribution in [-0.2, 0) is 0 Å². The number of hydrogen-bond donors (Lipinski definition) is 1. The highest BCUT2D eigenvalue weighted by molar-refractivity contribution is 5.53. The van der Waals surface area contributed by atoms with Crippen molar-refractivity contribution in [3.05, 3.63) is 18.3 Å². The third-order valence-electron chi connectivity index (χ3n) is 3.39. The van der Waals surface area contributed by atoms with E-state index in [0.29, 0.717) is 12.6 Å². The Kier molecular flexibility index (Phi) is 4.20.